The van der Waals surface area contributed by atoms with E-state index in [4.69, 9.17) is 0 Å². The van der Waals surface area contributed by atoms with Gasteiger partial charge in [-0.25, -0.2) is 0 Å². The maximum absolute atomic E-state index is 4.69. The van der Waals surface area contributed by atoms with Crippen LogP contribution in [0.4, 0.5) is 0 Å². The van der Waals surface area contributed by atoms with Gasteiger partial charge in [0, 0.05) is 0 Å². The van der Waals surface area contributed by atoms with E-state index in [0.29, 0.717) is 0 Å². The monoisotopic (exact) mass is 369 g/mol. The maximum atomic E-state index is 4.69. The van der Waals surface area contributed by atoms with Crippen LogP contribution in [-0.4, -0.2) is 28.3 Å². The Kier molecular flexibility index (Phi) is 8.67. The van der Waals surface area contributed by atoms with E-state index < -0.39 is 18.4 Å². The molecule has 0 spiro atoms. The third-order valence-corrected chi connectivity index (χ3v) is 18.8. The zero-order valence-corrected chi connectivity index (χ0v) is 15.8. The van der Waals surface area contributed by atoms with E-state index in [9.17, 15) is 0 Å². The molecule has 0 aromatic carbocycles. The first-order valence-electron chi connectivity index (χ1n) is 7.98. The number of rotatable bonds is 10. The predicted molar refractivity (Wildman–Crippen MR) is 85.4 cm³/mol. The fourth-order valence-corrected chi connectivity index (χ4v) is 17.6. The van der Waals surface area contributed by atoms with Gasteiger partial charge in [0.05, 0.1) is 0 Å². The first-order chi connectivity index (χ1) is 9.29. The molecule has 0 saturated carbocycles. The predicted octanol–water partition coefficient (Wildman–Crippen LogP) is 4.33. The fraction of sp³-hybridized carbons (Fsp3) is 0.750. The van der Waals surface area contributed by atoms with E-state index in [1.165, 1.54) is 55.5 Å². The minimum absolute atomic E-state index is 1.30. The molecular weight excluding hydrogens is 339 g/mol. The zero-order chi connectivity index (χ0) is 14.0. The van der Waals surface area contributed by atoms with E-state index in [-0.39, 0.29) is 0 Å². The first kappa shape index (κ1) is 16.9. The van der Waals surface area contributed by atoms with Crippen LogP contribution in [0.25, 0.3) is 0 Å². The van der Waals surface area contributed by atoms with E-state index in [0.717, 1.165) is 0 Å². The second-order valence-corrected chi connectivity index (χ2v) is 18.5. The van der Waals surface area contributed by atoms with Gasteiger partial charge in [0.15, 0.2) is 0 Å². The Balaban J connectivity index is 2.94. The molecule has 0 N–H and O–H groups in total. The summed E-state index contributed by atoms with van der Waals surface area (Å²) >= 11 is -2.33. The van der Waals surface area contributed by atoms with Crippen LogP contribution in [0.5, 0.6) is 0 Å². The number of hydrogen-bond acceptors (Lipinski definition) is 2. The van der Waals surface area contributed by atoms with Crippen molar-refractivity contribution < 1.29 is 0 Å². The van der Waals surface area contributed by atoms with Crippen molar-refractivity contribution in [1.29, 1.82) is 0 Å². The molecule has 0 atom stereocenters. The zero-order valence-electron chi connectivity index (χ0n) is 12.9. The van der Waals surface area contributed by atoms with Gasteiger partial charge in [0.2, 0.25) is 0 Å². The molecule has 2 nitrogen and oxygen atoms in total. The Morgan fingerprint density at radius 3 is 1.79 bits per heavy atom. The Morgan fingerprint density at radius 1 is 0.895 bits per heavy atom. The van der Waals surface area contributed by atoms with Crippen molar-refractivity contribution in [3.05, 3.63) is 18.6 Å². The number of nitrogens with zero attached hydrogens (tertiary/aromatic N) is 2. The SMILES string of the molecule is CCC[CH2][Sn]([CH2]CCC)([CH2]CCC)[c]1[c]nccn1. The number of unbranched alkanes of at least 4 members (excludes halogenated alkanes) is 3. The van der Waals surface area contributed by atoms with Gasteiger partial charge in [-0.05, 0) is 0 Å². The van der Waals surface area contributed by atoms with Gasteiger partial charge in [-0.3, -0.25) is 0 Å². The Bertz CT molecular complexity index is 305. The van der Waals surface area contributed by atoms with Crippen molar-refractivity contribution in [2.45, 2.75) is 72.6 Å². The van der Waals surface area contributed by atoms with Crippen molar-refractivity contribution in [2.75, 3.05) is 0 Å². The number of aromatic nitrogens is 2. The van der Waals surface area contributed by atoms with Gasteiger partial charge < -0.3 is 0 Å². The van der Waals surface area contributed by atoms with Crippen molar-refractivity contribution in [1.82, 2.24) is 9.97 Å². The Morgan fingerprint density at radius 2 is 1.42 bits per heavy atom. The molecular formula is C16H29N2Sn. The van der Waals surface area contributed by atoms with Gasteiger partial charge in [-0.2, -0.15) is 0 Å². The van der Waals surface area contributed by atoms with Crippen LogP contribution in [0.1, 0.15) is 59.3 Å². The quantitative estimate of drug-likeness (QED) is 0.575. The van der Waals surface area contributed by atoms with Crippen LogP contribution >= 0.6 is 0 Å². The fourth-order valence-electron chi connectivity index (χ4n) is 2.80. The second-order valence-electron chi connectivity index (χ2n) is 5.61. The normalized spacial score (nSPS) is 11.7. The van der Waals surface area contributed by atoms with E-state index in [2.05, 4.69) is 36.9 Å². The minimum atomic E-state index is -2.33. The summed E-state index contributed by atoms with van der Waals surface area (Å²) in [5.41, 5.74) is 0. The van der Waals surface area contributed by atoms with Crippen molar-refractivity contribution in [3.63, 3.8) is 0 Å². The molecule has 3 heteroatoms. The van der Waals surface area contributed by atoms with Crippen molar-refractivity contribution in [3.8, 4) is 0 Å². The molecule has 1 heterocycles. The molecule has 1 radical (unpaired) electrons. The second kappa shape index (κ2) is 9.73. The Hall–Kier alpha value is -0.121. The average molecular weight is 368 g/mol. The molecule has 0 fully saturated rings. The first-order valence-corrected chi connectivity index (χ1v) is 15.5. The summed E-state index contributed by atoms with van der Waals surface area (Å²) in [6.07, 6.45) is 14.9. The van der Waals surface area contributed by atoms with Gasteiger partial charge >= 0.3 is 123 Å². The third kappa shape index (κ3) is 5.41. The average Bonchev–Trinajstić information content (AvgIpc) is 2.48. The molecule has 0 aliphatic rings. The standard InChI is InChI=1S/C4H2N2.3C4H9.Sn/c1-2-6-4-3-5-1;3*1-3-4-2;/h1-2H;3*1,3-4H2,2H3;. The molecule has 0 aliphatic heterocycles. The van der Waals surface area contributed by atoms with E-state index in [1.807, 2.05) is 6.20 Å². The van der Waals surface area contributed by atoms with E-state index in [1.54, 1.807) is 6.20 Å². The molecule has 1 rings (SSSR count). The van der Waals surface area contributed by atoms with Gasteiger partial charge in [-0.1, -0.05) is 0 Å². The molecule has 0 unspecified atom stereocenters. The van der Waals surface area contributed by atoms with Crippen molar-refractivity contribution in [2.24, 2.45) is 0 Å². The third-order valence-electron chi connectivity index (χ3n) is 4.04. The molecule has 107 valence electrons. The van der Waals surface area contributed by atoms with Crippen LogP contribution in [0, 0.1) is 6.20 Å². The summed E-state index contributed by atoms with van der Waals surface area (Å²) in [4.78, 5) is 8.93. The summed E-state index contributed by atoms with van der Waals surface area (Å²) in [7, 11) is 0. The van der Waals surface area contributed by atoms with Crippen LogP contribution in [0.2, 0.25) is 13.3 Å². The summed E-state index contributed by atoms with van der Waals surface area (Å²) in [5.74, 6) is 0. The van der Waals surface area contributed by atoms with Crippen LogP contribution < -0.4 is 3.71 Å². The Labute approximate surface area is 123 Å². The molecule has 0 saturated heterocycles. The van der Waals surface area contributed by atoms with Crippen LogP contribution in [0.15, 0.2) is 12.4 Å². The molecule has 0 amide bonds. The van der Waals surface area contributed by atoms with E-state index >= 15 is 0 Å². The van der Waals surface area contributed by atoms with Gasteiger partial charge in [-0.15, -0.1) is 0 Å². The topological polar surface area (TPSA) is 25.8 Å². The molecule has 0 bridgehead atoms. The number of hydrogen-bond donors (Lipinski definition) is 0. The molecule has 1 aromatic rings. The van der Waals surface area contributed by atoms with Gasteiger partial charge in [0.25, 0.3) is 0 Å². The molecule has 19 heavy (non-hydrogen) atoms. The van der Waals surface area contributed by atoms with Gasteiger partial charge in [0.1, 0.15) is 0 Å². The summed E-state index contributed by atoms with van der Waals surface area (Å²) in [6, 6.07) is 0. The summed E-state index contributed by atoms with van der Waals surface area (Å²) in [5, 5.41) is 0. The molecule has 0 aliphatic carbocycles. The van der Waals surface area contributed by atoms with Crippen LogP contribution in [0.3, 0.4) is 0 Å². The summed E-state index contributed by atoms with van der Waals surface area (Å²) < 4.78 is 5.65. The van der Waals surface area contributed by atoms with Crippen LogP contribution in [-0.2, 0) is 0 Å². The molecule has 1 aromatic heterocycles. The summed E-state index contributed by atoms with van der Waals surface area (Å²) in [6.45, 7) is 6.91. The van der Waals surface area contributed by atoms with Crippen molar-refractivity contribution >= 4 is 22.1 Å².